The summed E-state index contributed by atoms with van der Waals surface area (Å²) in [6, 6.07) is 4.84. The van der Waals surface area contributed by atoms with Crippen LogP contribution in [-0.4, -0.2) is 5.97 Å². The quantitative estimate of drug-likeness (QED) is 0.803. The Morgan fingerprint density at radius 2 is 2.21 bits per heavy atom. The van der Waals surface area contributed by atoms with Gasteiger partial charge >= 0.3 is 5.97 Å². The number of halogens is 1. The van der Waals surface area contributed by atoms with Crippen molar-refractivity contribution >= 4 is 5.97 Å². The number of benzene rings is 1. The minimum atomic E-state index is -0.984. The molecule has 0 aliphatic heterocycles. The number of nitrogens with two attached hydrogens (primary N) is 1. The lowest BCUT2D eigenvalue weighted by atomic mass is 10.0. The number of carbonyl (C=O) groups is 1. The molecule has 76 valence electrons. The van der Waals surface area contributed by atoms with Crippen LogP contribution in [0.4, 0.5) is 4.53 Å². The molecule has 1 aromatic rings. The van der Waals surface area contributed by atoms with Gasteiger partial charge in [-0.05, 0) is 29.7 Å². The normalized spacial score (nSPS) is 9.93. The number of aryl methyl sites for hydroxylation is 1. The fourth-order valence-corrected chi connectivity index (χ4v) is 1.33. The third kappa shape index (κ3) is 2.09. The first kappa shape index (κ1) is 10.7. The summed E-state index contributed by atoms with van der Waals surface area (Å²) in [7, 11) is 0. The molecule has 0 saturated heterocycles. The maximum atomic E-state index is 11.6. The van der Waals surface area contributed by atoms with Gasteiger partial charge < -0.3 is 5.73 Å². The Balaban J connectivity index is 3.07. The second-order valence-electron chi connectivity index (χ2n) is 2.91. The first-order valence-corrected chi connectivity index (χ1v) is 4.37. The van der Waals surface area contributed by atoms with E-state index >= 15 is 0 Å². The van der Waals surface area contributed by atoms with Crippen molar-refractivity contribution in [2.45, 2.75) is 19.9 Å². The molecule has 14 heavy (non-hydrogen) atoms. The van der Waals surface area contributed by atoms with E-state index in [-0.39, 0.29) is 5.56 Å². The van der Waals surface area contributed by atoms with Crippen LogP contribution in [0.1, 0.15) is 28.4 Å². The van der Waals surface area contributed by atoms with E-state index < -0.39 is 5.97 Å². The molecule has 0 spiro atoms. The Bertz CT molecular complexity index is 339. The molecule has 4 heteroatoms. The standard InChI is InChI=1S/C10H12FNO2/c1-2-7-3-4-8(10(13)14-11)5-9(7)6-12/h3-5H,2,6,12H2,1H3. The first-order valence-electron chi connectivity index (χ1n) is 4.37. The van der Waals surface area contributed by atoms with Crippen molar-refractivity contribution < 1.29 is 14.3 Å². The monoisotopic (exact) mass is 197 g/mol. The van der Waals surface area contributed by atoms with E-state index in [4.69, 9.17) is 5.73 Å². The Hall–Kier alpha value is -1.42. The Morgan fingerprint density at radius 1 is 1.50 bits per heavy atom. The van der Waals surface area contributed by atoms with Gasteiger partial charge in [0.1, 0.15) is 0 Å². The molecule has 0 bridgehead atoms. The van der Waals surface area contributed by atoms with E-state index in [1.54, 1.807) is 12.1 Å². The predicted molar refractivity (Wildman–Crippen MR) is 50.2 cm³/mol. The molecule has 0 amide bonds. The first-order chi connectivity index (χ1) is 6.72. The van der Waals surface area contributed by atoms with Crippen molar-refractivity contribution in [1.82, 2.24) is 0 Å². The summed E-state index contributed by atoms with van der Waals surface area (Å²) in [6.45, 7) is 2.32. The number of hydrogen-bond acceptors (Lipinski definition) is 3. The third-order valence-electron chi connectivity index (χ3n) is 2.11. The molecule has 3 nitrogen and oxygen atoms in total. The van der Waals surface area contributed by atoms with Gasteiger partial charge in [0.25, 0.3) is 0 Å². The van der Waals surface area contributed by atoms with Gasteiger partial charge in [-0.15, -0.1) is 0 Å². The van der Waals surface area contributed by atoms with E-state index in [0.717, 1.165) is 17.5 Å². The Kier molecular flexibility index (Phi) is 3.59. The van der Waals surface area contributed by atoms with Gasteiger partial charge in [0, 0.05) is 11.1 Å². The summed E-state index contributed by atoms with van der Waals surface area (Å²) in [4.78, 5) is 14.0. The van der Waals surface area contributed by atoms with E-state index in [2.05, 4.69) is 4.94 Å². The fourth-order valence-electron chi connectivity index (χ4n) is 1.33. The van der Waals surface area contributed by atoms with E-state index in [1.807, 2.05) is 6.92 Å². The van der Waals surface area contributed by atoms with Crippen molar-refractivity contribution in [2.75, 3.05) is 0 Å². The van der Waals surface area contributed by atoms with Gasteiger partial charge in [-0.2, -0.15) is 0 Å². The van der Waals surface area contributed by atoms with Gasteiger partial charge in [0.2, 0.25) is 0 Å². The van der Waals surface area contributed by atoms with Gasteiger partial charge in [0.15, 0.2) is 0 Å². The molecule has 0 aliphatic carbocycles. The van der Waals surface area contributed by atoms with Gasteiger partial charge in [-0.3, -0.25) is 0 Å². The molecule has 2 N–H and O–H groups in total. The van der Waals surface area contributed by atoms with Crippen LogP contribution in [0.5, 0.6) is 0 Å². The van der Waals surface area contributed by atoms with E-state index in [0.29, 0.717) is 6.54 Å². The lowest BCUT2D eigenvalue weighted by Gasteiger charge is -2.06. The number of rotatable bonds is 3. The average Bonchev–Trinajstić information content (AvgIpc) is 2.26. The van der Waals surface area contributed by atoms with Gasteiger partial charge in [0.05, 0.1) is 5.56 Å². The summed E-state index contributed by atoms with van der Waals surface area (Å²) in [5.41, 5.74) is 7.58. The number of hydrogen-bond donors (Lipinski definition) is 1. The van der Waals surface area contributed by atoms with Crippen molar-refractivity contribution in [2.24, 2.45) is 5.73 Å². The van der Waals surface area contributed by atoms with Gasteiger partial charge in [-0.25, -0.2) is 9.74 Å². The highest BCUT2D eigenvalue weighted by Crippen LogP contribution is 2.13. The van der Waals surface area contributed by atoms with Crippen LogP contribution in [0, 0.1) is 0 Å². The zero-order chi connectivity index (χ0) is 10.6. The highest BCUT2D eigenvalue weighted by Gasteiger charge is 2.09. The molecule has 0 atom stereocenters. The average molecular weight is 197 g/mol. The lowest BCUT2D eigenvalue weighted by Crippen LogP contribution is -2.05. The second kappa shape index (κ2) is 4.72. The largest absolute Gasteiger partial charge is 0.379 e. The molecule has 0 radical (unpaired) electrons. The van der Waals surface area contributed by atoms with Crippen LogP contribution in [0.2, 0.25) is 0 Å². The van der Waals surface area contributed by atoms with Crippen LogP contribution in [0.15, 0.2) is 18.2 Å². The third-order valence-corrected chi connectivity index (χ3v) is 2.11. The van der Waals surface area contributed by atoms with Crippen LogP contribution < -0.4 is 5.73 Å². The Morgan fingerprint density at radius 3 is 2.71 bits per heavy atom. The molecule has 0 saturated carbocycles. The molecule has 0 aromatic heterocycles. The predicted octanol–water partition coefficient (Wildman–Crippen LogP) is 1.75. The zero-order valence-corrected chi connectivity index (χ0v) is 7.92. The van der Waals surface area contributed by atoms with E-state index in [1.165, 1.54) is 6.07 Å². The highest BCUT2D eigenvalue weighted by atomic mass is 19.3. The summed E-state index contributed by atoms with van der Waals surface area (Å²) < 4.78 is 11.6. The molecule has 0 fully saturated rings. The SMILES string of the molecule is CCc1ccc(C(=O)OF)cc1CN. The molecular formula is C10H12FNO2. The minimum absolute atomic E-state index is 0.185. The highest BCUT2D eigenvalue weighted by molar-refractivity contribution is 5.89. The molecule has 0 aliphatic rings. The topological polar surface area (TPSA) is 52.3 Å². The summed E-state index contributed by atoms with van der Waals surface area (Å²) in [5.74, 6) is -0.984. The zero-order valence-electron chi connectivity index (χ0n) is 7.92. The fraction of sp³-hybridized carbons (Fsp3) is 0.300. The summed E-state index contributed by atoms with van der Waals surface area (Å²) in [5, 5.41) is 0. The smallest absolute Gasteiger partial charge is 0.326 e. The maximum absolute atomic E-state index is 11.6. The van der Waals surface area contributed by atoms with E-state index in [9.17, 15) is 9.32 Å². The van der Waals surface area contributed by atoms with Crippen molar-refractivity contribution in [1.29, 1.82) is 0 Å². The minimum Gasteiger partial charge on any atom is -0.326 e. The van der Waals surface area contributed by atoms with Crippen molar-refractivity contribution in [3.63, 3.8) is 0 Å². The molecule has 1 aromatic carbocycles. The maximum Gasteiger partial charge on any atom is 0.379 e. The number of carbonyl (C=O) groups excluding carboxylic acids is 1. The second-order valence-corrected chi connectivity index (χ2v) is 2.91. The lowest BCUT2D eigenvalue weighted by molar-refractivity contribution is -0.0788. The Labute approximate surface area is 81.6 Å². The van der Waals surface area contributed by atoms with Crippen molar-refractivity contribution in [3.8, 4) is 0 Å². The molecular weight excluding hydrogens is 185 g/mol. The molecule has 1 rings (SSSR count). The van der Waals surface area contributed by atoms with Crippen LogP contribution >= 0.6 is 0 Å². The molecule has 0 heterocycles. The molecule has 0 unspecified atom stereocenters. The summed E-state index contributed by atoms with van der Waals surface area (Å²) >= 11 is 0. The van der Waals surface area contributed by atoms with Crippen molar-refractivity contribution in [3.05, 3.63) is 34.9 Å². The summed E-state index contributed by atoms with van der Waals surface area (Å²) in [6.07, 6.45) is 0.831. The van der Waals surface area contributed by atoms with Crippen LogP contribution in [0.25, 0.3) is 0 Å². The van der Waals surface area contributed by atoms with Crippen LogP contribution in [-0.2, 0) is 17.9 Å². The van der Waals surface area contributed by atoms with Gasteiger partial charge in [-0.1, -0.05) is 13.0 Å². The van der Waals surface area contributed by atoms with Crippen LogP contribution in [0.3, 0.4) is 0 Å².